The topological polar surface area (TPSA) is 46.2 Å². The molecule has 3 N–H and O–H groups in total. The molecule has 0 spiro atoms. The van der Waals surface area contributed by atoms with Gasteiger partial charge in [0.15, 0.2) is 0 Å². The van der Waals surface area contributed by atoms with Gasteiger partial charge in [-0.1, -0.05) is 42.5 Å². The van der Waals surface area contributed by atoms with Crippen molar-refractivity contribution >= 4 is 11.8 Å². The number of hydrogen-bond donors (Lipinski definition) is 2. The van der Waals surface area contributed by atoms with Crippen LogP contribution in [0.4, 0.5) is 13.2 Å². The summed E-state index contributed by atoms with van der Waals surface area (Å²) < 4.78 is 36.8. The van der Waals surface area contributed by atoms with Gasteiger partial charge < -0.3 is 10.8 Å². The normalized spacial score (nSPS) is 14.6. The molecule has 0 amide bonds. The summed E-state index contributed by atoms with van der Waals surface area (Å²) >= 11 is -0.171. The molecule has 2 aromatic carbocycles. The molecule has 0 bridgehead atoms. The maximum Gasteiger partial charge on any atom is 0.446 e. The predicted molar refractivity (Wildman–Crippen MR) is 81.4 cm³/mol. The van der Waals surface area contributed by atoms with Gasteiger partial charge >= 0.3 is 5.51 Å². The Morgan fingerprint density at radius 2 is 1.59 bits per heavy atom. The van der Waals surface area contributed by atoms with Crippen LogP contribution < -0.4 is 5.73 Å². The molecule has 2 nitrogen and oxygen atoms in total. The summed E-state index contributed by atoms with van der Waals surface area (Å²) in [5.41, 5.74) is 3.24. The van der Waals surface area contributed by atoms with Crippen LogP contribution in [0, 0.1) is 0 Å². The number of hydrogen-bond acceptors (Lipinski definition) is 3. The molecule has 0 unspecified atom stereocenters. The second kappa shape index (κ2) is 7.17. The van der Waals surface area contributed by atoms with Crippen molar-refractivity contribution in [2.24, 2.45) is 5.73 Å². The Hall–Kier alpha value is -1.50. The number of nitrogens with two attached hydrogens (primary N) is 1. The van der Waals surface area contributed by atoms with Crippen LogP contribution in [0.2, 0.25) is 0 Å². The van der Waals surface area contributed by atoms with E-state index in [-0.39, 0.29) is 16.7 Å². The second-order valence-electron chi connectivity index (χ2n) is 4.90. The van der Waals surface area contributed by atoms with Gasteiger partial charge in [0.1, 0.15) is 0 Å². The fourth-order valence-corrected chi connectivity index (χ4v) is 2.64. The number of thioether (sulfide) groups is 1. The number of aliphatic hydroxyl groups is 1. The van der Waals surface area contributed by atoms with Crippen molar-refractivity contribution in [1.82, 2.24) is 0 Å². The van der Waals surface area contributed by atoms with E-state index in [4.69, 9.17) is 5.73 Å². The summed E-state index contributed by atoms with van der Waals surface area (Å²) in [6.45, 7) is 0. The summed E-state index contributed by atoms with van der Waals surface area (Å²) in [5.74, 6) is 0. The minimum atomic E-state index is -4.31. The lowest BCUT2D eigenvalue weighted by Crippen LogP contribution is -2.28. The summed E-state index contributed by atoms with van der Waals surface area (Å²) in [6, 6.07) is 14.5. The van der Waals surface area contributed by atoms with Gasteiger partial charge in [0.2, 0.25) is 0 Å². The van der Waals surface area contributed by atoms with Crippen LogP contribution in [0.5, 0.6) is 0 Å². The fraction of sp³-hybridized carbons (Fsp3) is 0.250. The monoisotopic (exact) mass is 327 g/mol. The molecule has 2 aromatic rings. The molecule has 6 heteroatoms. The third kappa shape index (κ3) is 5.05. The number of alkyl halides is 3. The maximum atomic E-state index is 12.3. The number of benzene rings is 2. The van der Waals surface area contributed by atoms with Crippen molar-refractivity contribution in [3.05, 3.63) is 65.7 Å². The minimum Gasteiger partial charge on any atom is -0.391 e. The molecule has 0 aromatic heterocycles. The number of rotatable bonds is 5. The SMILES string of the molecule is N[C@H](c1ccc(SC(F)(F)F)cc1)[C@@H](O)Cc1ccccc1. The van der Waals surface area contributed by atoms with Crippen LogP contribution in [0.3, 0.4) is 0 Å². The Morgan fingerprint density at radius 1 is 1.00 bits per heavy atom. The molecule has 0 aliphatic rings. The van der Waals surface area contributed by atoms with E-state index in [1.165, 1.54) is 24.3 Å². The molecule has 0 radical (unpaired) electrons. The predicted octanol–water partition coefficient (Wildman–Crippen LogP) is 3.90. The number of halogens is 3. The van der Waals surface area contributed by atoms with Crippen molar-refractivity contribution in [2.45, 2.75) is 29.0 Å². The summed E-state index contributed by atoms with van der Waals surface area (Å²) in [7, 11) is 0. The first-order valence-electron chi connectivity index (χ1n) is 6.68. The minimum absolute atomic E-state index is 0.0981. The highest BCUT2D eigenvalue weighted by Gasteiger charge is 2.29. The Labute approximate surface area is 131 Å². The number of aliphatic hydroxyl groups excluding tert-OH is 1. The zero-order valence-electron chi connectivity index (χ0n) is 11.6. The third-order valence-corrected chi connectivity index (χ3v) is 3.94. The van der Waals surface area contributed by atoms with Crippen LogP contribution in [-0.4, -0.2) is 16.7 Å². The first-order chi connectivity index (χ1) is 10.3. The molecule has 2 atom stereocenters. The molecule has 0 saturated heterocycles. The largest absolute Gasteiger partial charge is 0.446 e. The lowest BCUT2D eigenvalue weighted by molar-refractivity contribution is -0.0328. The Morgan fingerprint density at radius 3 is 2.14 bits per heavy atom. The van der Waals surface area contributed by atoms with Crippen molar-refractivity contribution < 1.29 is 18.3 Å². The van der Waals surface area contributed by atoms with Gasteiger partial charge in [-0.05, 0) is 35.0 Å². The van der Waals surface area contributed by atoms with E-state index >= 15 is 0 Å². The first kappa shape index (κ1) is 16.9. The van der Waals surface area contributed by atoms with E-state index in [0.717, 1.165) is 5.56 Å². The van der Waals surface area contributed by atoms with Gasteiger partial charge in [0.05, 0.1) is 12.1 Å². The van der Waals surface area contributed by atoms with E-state index in [1.54, 1.807) is 0 Å². The second-order valence-corrected chi connectivity index (χ2v) is 6.04. The van der Waals surface area contributed by atoms with E-state index in [1.807, 2.05) is 30.3 Å². The molecular weight excluding hydrogens is 311 g/mol. The quantitative estimate of drug-likeness (QED) is 0.819. The van der Waals surface area contributed by atoms with Crippen LogP contribution in [0.15, 0.2) is 59.5 Å². The zero-order chi connectivity index (χ0) is 16.2. The lowest BCUT2D eigenvalue weighted by Gasteiger charge is -2.19. The molecule has 2 rings (SSSR count). The van der Waals surface area contributed by atoms with Gasteiger partial charge in [-0.25, -0.2) is 0 Å². The maximum absolute atomic E-state index is 12.3. The van der Waals surface area contributed by atoms with E-state index in [9.17, 15) is 18.3 Å². The molecule has 0 saturated carbocycles. The van der Waals surface area contributed by atoms with E-state index < -0.39 is 17.7 Å². The first-order valence-corrected chi connectivity index (χ1v) is 7.50. The summed E-state index contributed by atoms with van der Waals surface area (Å²) in [6.07, 6.45) is -0.412. The van der Waals surface area contributed by atoms with Crippen molar-refractivity contribution in [3.63, 3.8) is 0 Å². The molecule has 22 heavy (non-hydrogen) atoms. The third-order valence-electron chi connectivity index (χ3n) is 3.20. The Kier molecular flexibility index (Phi) is 5.50. The average Bonchev–Trinajstić information content (AvgIpc) is 2.46. The van der Waals surface area contributed by atoms with Gasteiger partial charge in [-0.15, -0.1) is 0 Å². The van der Waals surface area contributed by atoms with Gasteiger partial charge in [-0.3, -0.25) is 0 Å². The molecule has 0 aliphatic carbocycles. The Bertz CT molecular complexity index is 587. The molecular formula is C16H16F3NOS. The highest BCUT2D eigenvalue weighted by atomic mass is 32.2. The van der Waals surface area contributed by atoms with Crippen molar-refractivity contribution in [3.8, 4) is 0 Å². The Balaban J connectivity index is 2.01. The lowest BCUT2D eigenvalue weighted by atomic mass is 9.97. The van der Waals surface area contributed by atoms with Gasteiger partial charge in [0.25, 0.3) is 0 Å². The standard InChI is InChI=1S/C16H16F3NOS/c17-16(18,19)22-13-8-6-12(7-9-13)15(20)14(21)10-11-4-2-1-3-5-11/h1-9,14-15,21H,10,20H2/t14-,15+/m0/s1. The summed E-state index contributed by atoms with van der Waals surface area (Å²) in [5, 5.41) is 10.2. The van der Waals surface area contributed by atoms with Crippen LogP contribution in [-0.2, 0) is 6.42 Å². The molecule has 0 heterocycles. The van der Waals surface area contributed by atoms with Crippen LogP contribution in [0.25, 0.3) is 0 Å². The van der Waals surface area contributed by atoms with E-state index in [0.29, 0.717) is 12.0 Å². The van der Waals surface area contributed by atoms with Gasteiger partial charge in [0, 0.05) is 11.3 Å². The zero-order valence-corrected chi connectivity index (χ0v) is 12.4. The molecule has 0 aliphatic heterocycles. The average molecular weight is 327 g/mol. The van der Waals surface area contributed by atoms with Crippen molar-refractivity contribution in [2.75, 3.05) is 0 Å². The highest BCUT2D eigenvalue weighted by molar-refractivity contribution is 8.00. The molecule has 0 fully saturated rings. The highest BCUT2D eigenvalue weighted by Crippen LogP contribution is 2.37. The van der Waals surface area contributed by atoms with Crippen molar-refractivity contribution in [1.29, 1.82) is 0 Å². The van der Waals surface area contributed by atoms with Crippen LogP contribution in [0.1, 0.15) is 17.2 Å². The summed E-state index contributed by atoms with van der Waals surface area (Å²) in [4.78, 5) is 0.0981. The van der Waals surface area contributed by atoms with E-state index in [2.05, 4.69) is 0 Å². The van der Waals surface area contributed by atoms with Gasteiger partial charge in [-0.2, -0.15) is 13.2 Å². The smallest absolute Gasteiger partial charge is 0.391 e. The van der Waals surface area contributed by atoms with Crippen LogP contribution >= 0.6 is 11.8 Å². The fourth-order valence-electron chi connectivity index (χ4n) is 2.10. The molecule has 118 valence electrons.